The van der Waals surface area contributed by atoms with Crippen LogP contribution in [0.15, 0.2) is 12.3 Å². The summed E-state index contributed by atoms with van der Waals surface area (Å²) < 4.78 is 2.12. The Labute approximate surface area is 99.0 Å². The molecule has 0 aromatic carbocycles. The first-order valence-corrected chi connectivity index (χ1v) is 6.45. The second-order valence-electron chi connectivity index (χ2n) is 4.64. The van der Waals surface area contributed by atoms with Crippen molar-refractivity contribution in [3.05, 3.63) is 18.0 Å². The summed E-state index contributed by atoms with van der Waals surface area (Å²) in [5, 5.41) is 4.65. The third kappa shape index (κ3) is 3.63. The maximum Gasteiger partial charge on any atom is 0.0627 e. The van der Waals surface area contributed by atoms with Crippen molar-refractivity contribution in [2.45, 2.75) is 52.5 Å². The Balaban J connectivity index is 2.57. The van der Waals surface area contributed by atoms with Gasteiger partial charge >= 0.3 is 0 Å². The largest absolute Gasteiger partial charge is 0.330 e. The second kappa shape index (κ2) is 6.69. The summed E-state index contributed by atoms with van der Waals surface area (Å²) in [6.07, 6.45) is 6.54. The highest BCUT2D eigenvalue weighted by molar-refractivity contribution is 5.00. The Kier molecular flexibility index (Phi) is 5.53. The van der Waals surface area contributed by atoms with Crippen LogP contribution in [0.1, 0.15) is 51.8 Å². The van der Waals surface area contributed by atoms with Crippen molar-refractivity contribution < 1.29 is 0 Å². The van der Waals surface area contributed by atoms with Gasteiger partial charge in [0.05, 0.1) is 11.7 Å². The molecule has 3 nitrogen and oxygen atoms in total. The van der Waals surface area contributed by atoms with Crippen LogP contribution >= 0.6 is 0 Å². The summed E-state index contributed by atoms with van der Waals surface area (Å²) in [4.78, 5) is 0. The van der Waals surface area contributed by atoms with E-state index in [-0.39, 0.29) is 0 Å². The number of aromatic nitrogens is 2. The first-order chi connectivity index (χ1) is 7.71. The minimum Gasteiger partial charge on any atom is -0.330 e. The van der Waals surface area contributed by atoms with Gasteiger partial charge in [-0.05, 0) is 44.2 Å². The van der Waals surface area contributed by atoms with E-state index in [4.69, 9.17) is 5.73 Å². The summed E-state index contributed by atoms with van der Waals surface area (Å²) in [6, 6.07) is 2.70. The molecule has 92 valence electrons. The van der Waals surface area contributed by atoms with Gasteiger partial charge < -0.3 is 5.73 Å². The minimum atomic E-state index is 0.554. The minimum absolute atomic E-state index is 0.554. The maximum atomic E-state index is 5.55. The van der Waals surface area contributed by atoms with Crippen molar-refractivity contribution in [1.82, 2.24) is 9.78 Å². The Morgan fingerprint density at radius 3 is 2.62 bits per heavy atom. The number of hydrogen-bond acceptors (Lipinski definition) is 2. The fourth-order valence-corrected chi connectivity index (χ4v) is 2.10. The standard InChI is InChI=1S/C13H25N3/c1-4-13(5-2)16-9-7-12(15-16)10-11(3)6-8-14/h7,9,11,13H,4-6,8,10,14H2,1-3H3. The zero-order chi connectivity index (χ0) is 12.0. The lowest BCUT2D eigenvalue weighted by Gasteiger charge is -2.13. The van der Waals surface area contributed by atoms with E-state index in [1.165, 1.54) is 5.69 Å². The van der Waals surface area contributed by atoms with Gasteiger partial charge in [0.1, 0.15) is 0 Å². The maximum absolute atomic E-state index is 5.55. The zero-order valence-corrected chi connectivity index (χ0v) is 10.8. The molecule has 1 unspecified atom stereocenters. The highest BCUT2D eigenvalue weighted by atomic mass is 15.3. The van der Waals surface area contributed by atoms with Crippen molar-refractivity contribution in [3.63, 3.8) is 0 Å². The average molecular weight is 223 g/mol. The van der Waals surface area contributed by atoms with Crippen LogP contribution in [0.3, 0.4) is 0 Å². The molecule has 0 spiro atoms. The van der Waals surface area contributed by atoms with Crippen molar-refractivity contribution in [2.75, 3.05) is 6.54 Å². The SMILES string of the molecule is CCC(CC)n1ccc(CC(C)CCN)n1. The van der Waals surface area contributed by atoms with Crippen LogP contribution in [0.5, 0.6) is 0 Å². The van der Waals surface area contributed by atoms with Crippen LogP contribution in [-0.2, 0) is 6.42 Å². The van der Waals surface area contributed by atoms with Gasteiger partial charge in [-0.15, -0.1) is 0 Å². The van der Waals surface area contributed by atoms with Crippen LogP contribution in [0.2, 0.25) is 0 Å². The Morgan fingerprint density at radius 1 is 1.38 bits per heavy atom. The number of nitrogens with zero attached hydrogens (tertiary/aromatic N) is 2. The third-order valence-electron chi connectivity index (χ3n) is 3.20. The topological polar surface area (TPSA) is 43.8 Å². The summed E-state index contributed by atoms with van der Waals surface area (Å²) in [5.41, 5.74) is 6.76. The molecule has 1 aromatic rings. The monoisotopic (exact) mass is 223 g/mol. The Morgan fingerprint density at radius 2 is 2.06 bits per heavy atom. The van der Waals surface area contributed by atoms with Crippen molar-refractivity contribution >= 4 is 0 Å². The molecule has 0 saturated carbocycles. The van der Waals surface area contributed by atoms with Gasteiger partial charge in [-0.1, -0.05) is 20.8 Å². The molecule has 0 saturated heterocycles. The van der Waals surface area contributed by atoms with Gasteiger partial charge in [0.15, 0.2) is 0 Å². The second-order valence-corrected chi connectivity index (χ2v) is 4.64. The van der Waals surface area contributed by atoms with Crippen LogP contribution < -0.4 is 5.73 Å². The lowest BCUT2D eigenvalue weighted by atomic mass is 10.0. The average Bonchev–Trinajstić information content (AvgIpc) is 2.68. The summed E-state index contributed by atoms with van der Waals surface area (Å²) in [6.45, 7) is 7.44. The molecule has 16 heavy (non-hydrogen) atoms. The third-order valence-corrected chi connectivity index (χ3v) is 3.20. The van der Waals surface area contributed by atoms with E-state index in [1.54, 1.807) is 0 Å². The van der Waals surface area contributed by atoms with Crippen LogP contribution in [0.25, 0.3) is 0 Å². The smallest absolute Gasteiger partial charge is 0.0627 e. The molecule has 0 aliphatic carbocycles. The lowest BCUT2D eigenvalue weighted by Crippen LogP contribution is -2.10. The first kappa shape index (κ1) is 13.2. The highest BCUT2D eigenvalue weighted by Gasteiger charge is 2.09. The molecule has 0 aliphatic heterocycles. The van der Waals surface area contributed by atoms with E-state index < -0.39 is 0 Å². The zero-order valence-electron chi connectivity index (χ0n) is 10.8. The van der Waals surface area contributed by atoms with Crippen LogP contribution in [0, 0.1) is 5.92 Å². The highest BCUT2D eigenvalue weighted by Crippen LogP contribution is 2.16. The number of hydrogen-bond donors (Lipinski definition) is 1. The molecular formula is C13H25N3. The fraction of sp³-hybridized carbons (Fsp3) is 0.769. The molecule has 1 rings (SSSR count). The normalized spacial score (nSPS) is 13.3. The summed E-state index contributed by atoms with van der Waals surface area (Å²) >= 11 is 0. The fourth-order valence-electron chi connectivity index (χ4n) is 2.10. The van der Waals surface area contributed by atoms with E-state index in [2.05, 4.69) is 42.8 Å². The van der Waals surface area contributed by atoms with Gasteiger partial charge in [-0.25, -0.2) is 0 Å². The molecule has 0 bridgehead atoms. The van der Waals surface area contributed by atoms with Crippen LogP contribution in [0.4, 0.5) is 0 Å². The lowest BCUT2D eigenvalue weighted by molar-refractivity contribution is 0.421. The van der Waals surface area contributed by atoms with Gasteiger partial charge in [0, 0.05) is 6.20 Å². The Bertz CT molecular complexity index is 289. The van der Waals surface area contributed by atoms with Gasteiger partial charge in [0.2, 0.25) is 0 Å². The van der Waals surface area contributed by atoms with E-state index in [1.807, 2.05) is 0 Å². The van der Waals surface area contributed by atoms with Gasteiger partial charge in [-0.3, -0.25) is 4.68 Å². The molecule has 0 amide bonds. The Hall–Kier alpha value is -0.830. The summed E-state index contributed by atoms with van der Waals surface area (Å²) in [7, 11) is 0. The quantitative estimate of drug-likeness (QED) is 0.772. The molecule has 0 aliphatic rings. The predicted octanol–water partition coefficient (Wildman–Crippen LogP) is 2.77. The summed E-state index contributed by atoms with van der Waals surface area (Å²) in [5.74, 6) is 0.634. The molecular weight excluding hydrogens is 198 g/mol. The molecule has 2 N–H and O–H groups in total. The molecule has 0 radical (unpaired) electrons. The first-order valence-electron chi connectivity index (χ1n) is 6.45. The van der Waals surface area contributed by atoms with Crippen LogP contribution in [-0.4, -0.2) is 16.3 Å². The van der Waals surface area contributed by atoms with E-state index in [0.717, 1.165) is 32.2 Å². The van der Waals surface area contributed by atoms with Crippen molar-refractivity contribution in [1.29, 1.82) is 0 Å². The van der Waals surface area contributed by atoms with Crippen molar-refractivity contribution in [3.8, 4) is 0 Å². The molecule has 1 atom stereocenters. The van der Waals surface area contributed by atoms with Gasteiger partial charge in [0.25, 0.3) is 0 Å². The predicted molar refractivity (Wildman–Crippen MR) is 68.4 cm³/mol. The van der Waals surface area contributed by atoms with E-state index >= 15 is 0 Å². The number of nitrogens with two attached hydrogens (primary N) is 1. The van der Waals surface area contributed by atoms with E-state index in [0.29, 0.717) is 12.0 Å². The van der Waals surface area contributed by atoms with E-state index in [9.17, 15) is 0 Å². The molecule has 1 aromatic heterocycles. The van der Waals surface area contributed by atoms with Crippen molar-refractivity contribution in [2.24, 2.45) is 11.7 Å². The van der Waals surface area contributed by atoms with Gasteiger partial charge in [-0.2, -0.15) is 5.10 Å². The number of rotatable bonds is 7. The molecule has 3 heteroatoms. The molecule has 1 heterocycles. The molecule has 0 fully saturated rings.